The van der Waals surface area contributed by atoms with Gasteiger partial charge in [0.2, 0.25) is 10.0 Å². The molecule has 2 atom stereocenters. The number of anilines is 1. The molecule has 0 saturated carbocycles. The monoisotopic (exact) mass is 480 g/mol. The van der Waals surface area contributed by atoms with E-state index in [1.807, 2.05) is 19.1 Å². The third-order valence-electron chi connectivity index (χ3n) is 4.84. The highest BCUT2D eigenvalue weighted by Gasteiger charge is 2.34. The summed E-state index contributed by atoms with van der Waals surface area (Å²) in [6, 6.07) is 11.0. The van der Waals surface area contributed by atoms with Crippen LogP contribution in [0.3, 0.4) is 0 Å². The van der Waals surface area contributed by atoms with Crippen LogP contribution < -0.4 is 5.32 Å². The summed E-state index contributed by atoms with van der Waals surface area (Å²) in [7, 11) is -3.96. The van der Waals surface area contributed by atoms with E-state index >= 15 is 0 Å². The zero-order valence-corrected chi connectivity index (χ0v) is 19.6. The van der Waals surface area contributed by atoms with Crippen molar-refractivity contribution < 1.29 is 27.5 Å². The number of aryl methyl sites for hydroxylation is 1. The van der Waals surface area contributed by atoms with Gasteiger partial charge >= 0.3 is 5.97 Å². The maximum atomic E-state index is 13.1. The Hall–Kier alpha value is -2.46. The van der Waals surface area contributed by atoms with Crippen LogP contribution in [0, 0.1) is 6.92 Å². The van der Waals surface area contributed by atoms with Crippen molar-refractivity contribution in [2.75, 3.05) is 25.0 Å². The molecule has 2 unspecified atom stereocenters. The first-order valence-electron chi connectivity index (χ1n) is 10.0. The highest BCUT2D eigenvalue weighted by molar-refractivity contribution is 7.89. The highest BCUT2D eigenvalue weighted by Crippen LogP contribution is 2.28. The van der Waals surface area contributed by atoms with Gasteiger partial charge in [0.15, 0.2) is 6.61 Å². The maximum absolute atomic E-state index is 13.1. The first kappa shape index (κ1) is 24.2. The average Bonchev–Trinajstić information content (AvgIpc) is 2.73. The number of rotatable bonds is 6. The quantitative estimate of drug-likeness (QED) is 0.637. The van der Waals surface area contributed by atoms with Gasteiger partial charge in [0.1, 0.15) is 4.90 Å². The molecule has 0 aromatic heterocycles. The molecule has 2 aromatic carbocycles. The van der Waals surface area contributed by atoms with E-state index < -0.39 is 28.5 Å². The van der Waals surface area contributed by atoms with Crippen LogP contribution in [0.5, 0.6) is 0 Å². The molecule has 1 aliphatic heterocycles. The Labute approximate surface area is 192 Å². The van der Waals surface area contributed by atoms with E-state index in [0.717, 1.165) is 5.56 Å². The molecule has 0 bridgehead atoms. The molecule has 0 radical (unpaired) electrons. The lowest BCUT2D eigenvalue weighted by Gasteiger charge is -2.34. The van der Waals surface area contributed by atoms with Gasteiger partial charge in [-0.15, -0.1) is 0 Å². The largest absolute Gasteiger partial charge is 0.452 e. The van der Waals surface area contributed by atoms with Gasteiger partial charge in [-0.3, -0.25) is 4.79 Å². The fourth-order valence-electron chi connectivity index (χ4n) is 3.34. The number of halogens is 1. The minimum Gasteiger partial charge on any atom is -0.452 e. The fourth-order valence-corrected chi connectivity index (χ4v) is 5.43. The number of benzene rings is 2. The van der Waals surface area contributed by atoms with Crippen LogP contribution in [-0.4, -0.2) is 56.5 Å². The van der Waals surface area contributed by atoms with E-state index in [1.54, 1.807) is 26.0 Å². The molecular formula is C22H25ClN2O6S. The van der Waals surface area contributed by atoms with E-state index in [1.165, 1.54) is 22.5 Å². The van der Waals surface area contributed by atoms with Crippen molar-refractivity contribution in [3.8, 4) is 0 Å². The Morgan fingerprint density at radius 2 is 1.75 bits per heavy atom. The van der Waals surface area contributed by atoms with Gasteiger partial charge in [-0.1, -0.05) is 29.3 Å². The molecule has 0 aliphatic carbocycles. The lowest BCUT2D eigenvalue weighted by atomic mass is 10.2. The van der Waals surface area contributed by atoms with Crippen molar-refractivity contribution >= 4 is 39.2 Å². The number of carbonyl (C=O) groups excluding carboxylic acids is 2. The number of sulfonamides is 1. The number of hydrogen-bond donors (Lipinski definition) is 1. The summed E-state index contributed by atoms with van der Waals surface area (Å²) in [6.07, 6.45) is -0.542. The number of carbonyl (C=O) groups is 2. The summed E-state index contributed by atoms with van der Waals surface area (Å²) in [5.74, 6) is -1.35. The van der Waals surface area contributed by atoms with E-state index in [-0.39, 0.29) is 40.8 Å². The lowest BCUT2D eigenvalue weighted by molar-refractivity contribution is -0.119. The van der Waals surface area contributed by atoms with Crippen molar-refractivity contribution in [2.45, 2.75) is 37.9 Å². The van der Waals surface area contributed by atoms with Crippen molar-refractivity contribution in [2.24, 2.45) is 0 Å². The number of nitrogens with zero attached hydrogens (tertiary/aromatic N) is 1. The summed E-state index contributed by atoms with van der Waals surface area (Å²) >= 11 is 6.15. The van der Waals surface area contributed by atoms with Crippen LogP contribution >= 0.6 is 11.6 Å². The van der Waals surface area contributed by atoms with Crippen molar-refractivity contribution in [3.63, 3.8) is 0 Å². The number of amides is 1. The average molecular weight is 481 g/mol. The number of morpholine rings is 1. The van der Waals surface area contributed by atoms with Gasteiger partial charge in [0, 0.05) is 18.8 Å². The normalized spacial score (nSPS) is 19.4. The summed E-state index contributed by atoms with van der Waals surface area (Å²) in [5, 5.41) is 2.61. The van der Waals surface area contributed by atoms with Crippen molar-refractivity contribution in [3.05, 3.63) is 58.6 Å². The topological polar surface area (TPSA) is 102 Å². The Bertz CT molecular complexity index is 1090. The molecule has 1 saturated heterocycles. The second kappa shape index (κ2) is 9.99. The summed E-state index contributed by atoms with van der Waals surface area (Å²) in [4.78, 5) is 24.3. The standard InChI is InChI=1S/C22H25ClN2O6S/c1-14-4-7-18(8-5-14)24-21(26)13-30-22(27)17-6-9-19(23)20(10-17)32(28,29)25-11-15(2)31-16(3)12-25/h4-10,15-16H,11-13H2,1-3H3,(H,24,26). The Kier molecular flexibility index (Phi) is 7.55. The van der Waals surface area contributed by atoms with Crippen LogP contribution in [0.25, 0.3) is 0 Å². The van der Waals surface area contributed by atoms with Crippen LogP contribution in [0.4, 0.5) is 5.69 Å². The number of ether oxygens (including phenoxy) is 2. The second-order valence-electron chi connectivity index (χ2n) is 7.71. The Balaban J connectivity index is 1.69. The SMILES string of the molecule is Cc1ccc(NC(=O)COC(=O)c2ccc(Cl)c(S(=O)(=O)N3CC(C)OC(C)C3)c2)cc1. The van der Waals surface area contributed by atoms with Gasteiger partial charge < -0.3 is 14.8 Å². The molecular weight excluding hydrogens is 456 g/mol. The zero-order chi connectivity index (χ0) is 23.5. The second-order valence-corrected chi connectivity index (χ2v) is 10.0. The van der Waals surface area contributed by atoms with Gasteiger partial charge in [-0.25, -0.2) is 13.2 Å². The van der Waals surface area contributed by atoms with Gasteiger partial charge in [0.25, 0.3) is 5.91 Å². The summed E-state index contributed by atoms with van der Waals surface area (Å²) in [6.45, 7) is 5.34. The zero-order valence-electron chi connectivity index (χ0n) is 18.0. The van der Waals surface area contributed by atoms with Gasteiger partial charge in [-0.05, 0) is 51.1 Å². The Morgan fingerprint density at radius 3 is 2.38 bits per heavy atom. The van der Waals surface area contributed by atoms with Crippen LogP contribution in [0.1, 0.15) is 29.8 Å². The Morgan fingerprint density at radius 1 is 1.12 bits per heavy atom. The van der Waals surface area contributed by atoms with Gasteiger partial charge in [0.05, 0.1) is 22.8 Å². The molecule has 10 heteroatoms. The predicted octanol–water partition coefficient (Wildman–Crippen LogP) is 3.24. The van der Waals surface area contributed by atoms with Crippen LogP contribution in [0.2, 0.25) is 5.02 Å². The number of hydrogen-bond acceptors (Lipinski definition) is 6. The summed E-state index contributed by atoms with van der Waals surface area (Å²) in [5.41, 5.74) is 1.60. The maximum Gasteiger partial charge on any atom is 0.338 e. The minimum absolute atomic E-state index is 0.00883. The molecule has 1 heterocycles. The van der Waals surface area contributed by atoms with E-state index in [4.69, 9.17) is 21.1 Å². The van der Waals surface area contributed by atoms with Gasteiger partial charge in [-0.2, -0.15) is 4.31 Å². The first-order valence-corrected chi connectivity index (χ1v) is 11.9. The molecule has 1 fully saturated rings. The number of esters is 1. The fraction of sp³-hybridized carbons (Fsp3) is 0.364. The molecule has 1 N–H and O–H groups in total. The third kappa shape index (κ3) is 5.86. The van der Waals surface area contributed by atoms with Crippen LogP contribution in [0.15, 0.2) is 47.4 Å². The molecule has 8 nitrogen and oxygen atoms in total. The first-order chi connectivity index (χ1) is 15.1. The molecule has 1 amide bonds. The van der Waals surface area contributed by atoms with E-state index in [2.05, 4.69) is 5.32 Å². The predicted molar refractivity (Wildman–Crippen MR) is 120 cm³/mol. The van der Waals surface area contributed by atoms with Crippen molar-refractivity contribution in [1.82, 2.24) is 4.31 Å². The van der Waals surface area contributed by atoms with Crippen molar-refractivity contribution in [1.29, 1.82) is 0 Å². The third-order valence-corrected chi connectivity index (χ3v) is 7.15. The minimum atomic E-state index is -3.96. The highest BCUT2D eigenvalue weighted by atomic mass is 35.5. The van der Waals surface area contributed by atoms with Crippen LogP contribution in [-0.2, 0) is 24.3 Å². The number of nitrogens with one attached hydrogen (secondary N) is 1. The lowest BCUT2D eigenvalue weighted by Crippen LogP contribution is -2.48. The molecule has 1 aliphatic rings. The molecule has 32 heavy (non-hydrogen) atoms. The molecule has 0 spiro atoms. The smallest absolute Gasteiger partial charge is 0.338 e. The molecule has 2 aromatic rings. The molecule has 3 rings (SSSR count). The van der Waals surface area contributed by atoms with E-state index in [9.17, 15) is 18.0 Å². The summed E-state index contributed by atoms with van der Waals surface area (Å²) < 4.78 is 38.2. The van der Waals surface area contributed by atoms with E-state index in [0.29, 0.717) is 5.69 Å². The molecule has 172 valence electrons.